The summed E-state index contributed by atoms with van der Waals surface area (Å²) in [5, 5.41) is 3.76. The summed E-state index contributed by atoms with van der Waals surface area (Å²) in [5.41, 5.74) is 2.00. The number of Topliss-reactive ketones (excluding diaryl/α,β-unsaturated/α-hetero) is 1. The lowest BCUT2D eigenvalue weighted by atomic mass is 10.0. The van der Waals surface area contributed by atoms with E-state index in [0.29, 0.717) is 16.9 Å². The Morgan fingerprint density at radius 1 is 1.00 bits per heavy atom. The van der Waals surface area contributed by atoms with Gasteiger partial charge < -0.3 is 14.3 Å². The van der Waals surface area contributed by atoms with Gasteiger partial charge in [0.15, 0.2) is 11.5 Å². The molecule has 0 aliphatic heterocycles. The Labute approximate surface area is 146 Å². The van der Waals surface area contributed by atoms with Crippen LogP contribution in [0.4, 0.5) is 0 Å². The molecule has 0 bridgehead atoms. The van der Waals surface area contributed by atoms with Gasteiger partial charge in [0, 0.05) is 11.1 Å². The van der Waals surface area contributed by atoms with Crippen LogP contribution < -0.4 is 4.74 Å². The lowest BCUT2D eigenvalue weighted by molar-refractivity contribution is -0.132. The van der Waals surface area contributed by atoms with E-state index < -0.39 is 5.97 Å². The third-order valence-electron chi connectivity index (χ3n) is 3.49. The monoisotopic (exact) mass is 341 g/mol. The molecule has 0 aliphatic carbocycles. The number of methoxy groups -OCH3 is 1. The molecule has 0 amide bonds. The van der Waals surface area contributed by atoms with Crippen LogP contribution in [0.15, 0.2) is 53.7 Å². The Balaban J connectivity index is 2.21. The fourth-order valence-electron chi connectivity index (χ4n) is 2.21. The van der Waals surface area contributed by atoms with Crippen molar-refractivity contribution >= 4 is 17.5 Å². The van der Waals surface area contributed by atoms with E-state index in [1.165, 1.54) is 21.1 Å². The molecule has 0 aromatic heterocycles. The van der Waals surface area contributed by atoms with Crippen LogP contribution in [0.2, 0.25) is 0 Å². The number of hydrogen-bond acceptors (Lipinski definition) is 6. The second kappa shape index (κ2) is 8.63. The lowest BCUT2D eigenvalue weighted by Crippen LogP contribution is -2.19. The van der Waals surface area contributed by atoms with Gasteiger partial charge in [-0.15, -0.1) is 0 Å². The average molecular weight is 341 g/mol. The number of rotatable bonds is 7. The van der Waals surface area contributed by atoms with Gasteiger partial charge in [-0.1, -0.05) is 29.4 Å². The van der Waals surface area contributed by atoms with Crippen LogP contribution in [0.5, 0.6) is 5.75 Å². The normalized spacial score (nSPS) is 10.9. The van der Waals surface area contributed by atoms with Gasteiger partial charge in [0.25, 0.3) is 0 Å². The second-order valence-corrected chi connectivity index (χ2v) is 5.14. The third-order valence-corrected chi connectivity index (χ3v) is 3.49. The van der Waals surface area contributed by atoms with Gasteiger partial charge in [0.1, 0.15) is 19.5 Å². The maximum atomic E-state index is 11.9. The molecule has 0 saturated heterocycles. The standard InChI is InChI=1S/C19H19NO5/c1-13(21)14-8-10-16(11-9-14)25-12-15-6-4-5-7-17(15)18(20-24-3)19(22)23-2/h4-11H,12H2,1-3H3/b20-18-. The largest absolute Gasteiger partial charge is 0.489 e. The van der Waals surface area contributed by atoms with Gasteiger partial charge in [-0.25, -0.2) is 4.79 Å². The summed E-state index contributed by atoms with van der Waals surface area (Å²) in [4.78, 5) is 28.0. The zero-order chi connectivity index (χ0) is 18.2. The third kappa shape index (κ3) is 4.67. The Morgan fingerprint density at radius 2 is 1.68 bits per heavy atom. The van der Waals surface area contributed by atoms with Crippen molar-refractivity contribution in [1.82, 2.24) is 0 Å². The van der Waals surface area contributed by atoms with Gasteiger partial charge in [-0.05, 0) is 36.8 Å². The molecule has 2 aromatic carbocycles. The number of carbonyl (C=O) groups is 2. The first-order chi connectivity index (χ1) is 12.1. The van der Waals surface area contributed by atoms with Gasteiger partial charge in [0.2, 0.25) is 0 Å². The number of oxime groups is 1. The summed E-state index contributed by atoms with van der Waals surface area (Å²) >= 11 is 0. The molecule has 0 fully saturated rings. The first kappa shape index (κ1) is 18.2. The van der Waals surface area contributed by atoms with Crippen molar-refractivity contribution < 1.29 is 23.9 Å². The number of hydrogen-bond donors (Lipinski definition) is 0. The zero-order valence-corrected chi connectivity index (χ0v) is 14.3. The smallest absolute Gasteiger partial charge is 0.360 e. The van der Waals surface area contributed by atoms with Gasteiger partial charge in [-0.3, -0.25) is 4.79 Å². The lowest BCUT2D eigenvalue weighted by Gasteiger charge is -2.12. The quantitative estimate of drug-likeness (QED) is 0.335. The van der Waals surface area contributed by atoms with E-state index in [-0.39, 0.29) is 18.1 Å². The molecule has 0 heterocycles. The number of ether oxygens (including phenoxy) is 2. The van der Waals surface area contributed by atoms with Crippen LogP contribution in [-0.2, 0) is 21.0 Å². The molecule has 130 valence electrons. The van der Waals surface area contributed by atoms with E-state index in [2.05, 4.69) is 5.16 Å². The van der Waals surface area contributed by atoms with Crippen molar-refractivity contribution in [2.45, 2.75) is 13.5 Å². The highest BCUT2D eigenvalue weighted by molar-refractivity contribution is 6.43. The number of ketones is 1. The predicted octanol–water partition coefficient (Wildman–Crippen LogP) is 2.99. The number of benzene rings is 2. The molecule has 0 N–H and O–H groups in total. The van der Waals surface area contributed by atoms with E-state index in [1.807, 2.05) is 12.1 Å². The second-order valence-electron chi connectivity index (χ2n) is 5.14. The fraction of sp³-hybridized carbons (Fsp3) is 0.211. The Morgan fingerprint density at radius 3 is 2.28 bits per heavy atom. The average Bonchev–Trinajstić information content (AvgIpc) is 2.64. The number of nitrogens with zero attached hydrogens (tertiary/aromatic N) is 1. The van der Waals surface area contributed by atoms with Crippen LogP contribution in [0, 0.1) is 0 Å². The van der Waals surface area contributed by atoms with Crippen LogP contribution in [0.1, 0.15) is 28.4 Å². The Kier molecular flexibility index (Phi) is 6.28. The first-order valence-electron chi connectivity index (χ1n) is 7.58. The van der Waals surface area contributed by atoms with E-state index in [9.17, 15) is 9.59 Å². The molecule has 0 atom stereocenters. The predicted molar refractivity (Wildman–Crippen MR) is 92.8 cm³/mol. The highest BCUT2D eigenvalue weighted by Crippen LogP contribution is 2.17. The van der Waals surface area contributed by atoms with Crippen LogP contribution in [-0.4, -0.2) is 31.7 Å². The number of esters is 1. The van der Waals surface area contributed by atoms with Crippen LogP contribution in [0.3, 0.4) is 0 Å². The minimum Gasteiger partial charge on any atom is -0.489 e. The number of carbonyl (C=O) groups excluding carboxylic acids is 2. The van der Waals surface area contributed by atoms with Gasteiger partial charge in [0.05, 0.1) is 7.11 Å². The summed E-state index contributed by atoms with van der Waals surface area (Å²) in [7, 11) is 2.64. The minimum atomic E-state index is -0.597. The van der Waals surface area contributed by atoms with Crippen molar-refractivity contribution in [3.63, 3.8) is 0 Å². The van der Waals surface area contributed by atoms with Crippen molar-refractivity contribution in [1.29, 1.82) is 0 Å². The summed E-state index contributed by atoms with van der Waals surface area (Å²) in [6.07, 6.45) is 0. The van der Waals surface area contributed by atoms with E-state index in [1.54, 1.807) is 36.4 Å². The molecule has 0 radical (unpaired) electrons. The molecule has 0 saturated carbocycles. The summed E-state index contributed by atoms with van der Waals surface area (Å²) in [6.45, 7) is 1.73. The molecule has 25 heavy (non-hydrogen) atoms. The SMILES string of the molecule is CO/N=C(\C(=O)OC)c1ccccc1COc1ccc(C(C)=O)cc1. The van der Waals surface area contributed by atoms with E-state index in [0.717, 1.165) is 5.56 Å². The summed E-state index contributed by atoms with van der Waals surface area (Å²) in [5.74, 6) is 0.0126. The molecule has 0 unspecified atom stereocenters. The highest BCUT2D eigenvalue weighted by atomic mass is 16.6. The van der Waals surface area contributed by atoms with Crippen molar-refractivity contribution in [3.05, 3.63) is 65.2 Å². The van der Waals surface area contributed by atoms with Gasteiger partial charge in [-0.2, -0.15) is 0 Å². The molecule has 2 aromatic rings. The maximum Gasteiger partial charge on any atom is 0.360 e. The molecule has 2 rings (SSSR count). The van der Waals surface area contributed by atoms with Crippen molar-refractivity contribution in [2.24, 2.45) is 5.16 Å². The summed E-state index contributed by atoms with van der Waals surface area (Å²) in [6, 6.07) is 14.1. The van der Waals surface area contributed by atoms with Crippen molar-refractivity contribution in [3.8, 4) is 5.75 Å². The van der Waals surface area contributed by atoms with Crippen LogP contribution >= 0.6 is 0 Å². The van der Waals surface area contributed by atoms with E-state index >= 15 is 0 Å². The van der Waals surface area contributed by atoms with Crippen LogP contribution in [0.25, 0.3) is 0 Å². The Bertz CT molecular complexity index is 781. The maximum absolute atomic E-state index is 11.9. The van der Waals surface area contributed by atoms with Gasteiger partial charge >= 0.3 is 5.97 Å². The molecular formula is C19H19NO5. The Hall–Kier alpha value is -3.15. The minimum absolute atomic E-state index is 0.00427. The highest BCUT2D eigenvalue weighted by Gasteiger charge is 2.19. The summed E-state index contributed by atoms with van der Waals surface area (Å²) < 4.78 is 10.5. The molecule has 0 spiro atoms. The van der Waals surface area contributed by atoms with Crippen molar-refractivity contribution in [2.75, 3.05) is 14.2 Å². The zero-order valence-electron chi connectivity index (χ0n) is 14.3. The molecular weight excluding hydrogens is 322 g/mol. The molecule has 0 aliphatic rings. The molecule has 6 heteroatoms. The fourth-order valence-corrected chi connectivity index (χ4v) is 2.21. The molecule has 6 nitrogen and oxygen atoms in total. The first-order valence-corrected chi connectivity index (χ1v) is 7.58. The topological polar surface area (TPSA) is 74.2 Å². The van der Waals surface area contributed by atoms with E-state index in [4.69, 9.17) is 14.3 Å².